The highest BCUT2D eigenvalue weighted by Gasteiger charge is 2.30. The first-order valence-corrected chi connectivity index (χ1v) is 9.82. The van der Waals surface area contributed by atoms with E-state index in [1.165, 1.54) is 22.3 Å². The van der Waals surface area contributed by atoms with E-state index < -0.39 is 0 Å². The highest BCUT2D eigenvalue weighted by atomic mass is 16.2. The van der Waals surface area contributed by atoms with Gasteiger partial charge in [-0.15, -0.1) is 0 Å². The van der Waals surface area contributed by atoms with Gasteiger partial charge in [-0.05, 0) is 49.4 Å². The Bertz CT molecular complexity index is 768. The number of piperidine rings is 1. The molecule has 2 aromatic carbocycles. The second-order valence-electron chi connectivity index (χ2n) is 7.84. The number of amides is 1. The second-order valence-corrected chi connectivity index (χ2v) is 7.84. The van der Waals surface area contributed by atoms with Crippen LogP contribution in [0.1, 0.15) is 35.1 Å². The number of benzene rings is 2. The molecule has 0 bridgehead atoms. The smallest absolute Gasteiger partial charge is 0.227 e. The van der Waals surface area contributed by atoms with Crippen LogP contribution in [0.25, 0.3) is 0 Å². The van der Waals surface area contributed by atoms with Crippen LogP contribution in [0.4, 0.5) is 0 Å². The van der Waals surface area contributed by atoms with Crippen LogP contribution >= 0.6 is 0 Å². The number of hydrogen-bond donors (Lipinski definition) is 0. The third kappa shape index (κ3) is 3.83. The number of likely N-dealkylation sites (tertiary alicyclic amines) is 1. The predicted octanol–water partition coefficient (Wildman–Crippen LogP) is 3.79. The van der Waals surface area contributed by atoms with E-state index >= 15 is 0 Å². The zero-order valence-electron chi connectivity index (χ0n) is 15.7. The third-order valence-electron chi connectivity index (χ3n) is 5.82. The Morgan fingerprint density at radius 2 is 1.81 bits per heavy atom. The van der Waals surface area contributed by atoms with Crippen LogP contribution in [0, 0.1) is 12.8 Å². The van der Waals surface area contributed by atoms with Gasteiger partial charge in [0.05, 0.1) is 5.92 Å². The minimum absolute atomic E-state index is 0.152. The van der Waals surface area contributed by atoms with E-state index in [-0.39, 0.29) is 5.92 Å². The van der Waals surface area contributed by atoms with Gasteiger partial charge in [-0.3, -0.25) is 9.69 Å². The standard InChI is InChI=1S/C23H28N2O/c1-18-8-10-19(11-9-18)15-24-13-4-7-22(16-24)23(26)25-14-12-20-5-2-3-6-21(20)17-25/h2-3,5-6,8-11,22H,4,7,12-17H2,1H3. The van der Waals surface area contributed by atoms with Gasteiger partial charge in [-0.1, -0.05) is 54.1 Å². The van der Waals surface area contributed by atoms with Gasteiger partial charge < -0.3 is 4.90 Å². The summed E-state index contributed by atoms with van der Waals surface area (Å²) in [6, 6.07) is 17.3. The Labute approximate surface area is 156 Å². The molecule has 1 saturated heterocycles. The van der Waals surface area contributed by atoms with Crippen molar-refractivity contribution in [2.24, 2.45) is 5.92 Å². The van der Waals surface area contributed by atoms with Crippen LogP contribution in [-0.2, 0) is 24.3 Å². The van der Waals surface area contributed by atoms with Crippen LogP contribution in [-0.4, -0.2) is 35.3 Å². The van der Waals surface area contributed by atoms with Gasteiger partial charge in [0, 0.05) is 26.2 Å². The SMILES string of the molecule is Cc1ccc(CN2CCCC(C(=O)N3CCc4ccccc4C3)C2)cc1. The molecule has 0 aliphatic carbocycles. The molecule has 2 aromatic rings. The van der Waals surface area contributed by atoms with Crippen molar-refractivity contribution < 1.29 is 4.79 Å². The van der Waals surface area contributed by atoms with Crippen molar-refractivity contribution >= 4 is 5.91 Å². The first kappa shape index (κ1) is 17.3. The lowest BCUT2D eigenvalue weighted by Gasteiger charge is -2.36. The number of carbonyl (C=O) groups is 1. The van der Waals surface area contributed by atoms with Crippen molar-refractivity contribution in [3.05, 3.63) is 70.8 Å². The Morgan fingerprint density at radius 1 is 1.04 bits per heavy atom. The van der Waals surface area contributed by atoms with E-state index in [1.807, 2.05) is 0 Å². The molecular weight excluding hydrogens is 320 g/mol. The molecule has 4 rings (SSSR count). The molecule has 136 valence electrons. The molecule has 3 nitrogen and oxygen atoms in total. The number of nitrogens with zero attached hydrogens (tertiary/aromatic N) is 2. The molecule has 0 aromatic heterocycles. The lowest BCUT2D eigenvalue weighted by molar-refractivity contribution is -0.138. The zero-order valence-corrected chi connectivity index (χ0v) is 15.7. The maximum Gasteiger partial charge on any atom is 0.227 e. The molecule has 1 atom stereocenters. The molecule has 0 N–H and O–H groups in total. The summed E-state index contributed by atoms with van der Waals surface area (Å²) in [4.78, 5) is 17.6. The summed E-state index contributed by atoms with van der Waals surface area (Å²) in [5.41, 5.74) is 5.36. The summed E-state index contributed by atoms with van der Waals surface area (Å²) < 4.78 is 0. The summed E-state index contributed by atoms with van der Waals surface area (Å²) in [5, 5.41) is 0. The van der Waals surface area contributed by atoms with Crippen LogP contribution in [0.15, 0.2) is 48.5 Å². The van der Waals surface area contributed by atoms with Crippen molar-refractivity contribution in [3.8, 4) is 0 Å². The minimum atomic E-state index is 0.152. The van der Waals surface area contributed by atoms with Gasteiger partial charge in [-0.2, -0.15) is 0 Å². The fraction of sp³-hybridized carbons (Fsp3) is 0.435. The lowest BCUT2D eigenvalue weighted by Crippen LogP contribution is -2.46. The summed E-state index contributed by atoms with van der Waals surface area (Å²) in [6.45, 7) is 6.71. The molecule has 2 aliphatic rings. The maximum absolute atomic E-state index is 13.1. The van der Waals surface area contributed by atoms with Crippen molar-refractivity contribution in [3.63, 3.8) is 0 Å². The largest absolute Gasteiger partial charge is 0.338 e. The van der Waals surface area contributed by atoms with E-state index in [0.29, 0.717) is 5.91 Å². The van der Waals surface area contributed by atoms with E-state index in [9.17, 15) is 4.79 Å². The summed E-state index contributed by atoms with van der Waals surface area (Å²) in [7, 11) is 0. The number of carbonyl (C=O) groups excluding carboxylic acids is 1. The van der Waals surface area contributed by atoms with Gasteiger partial charge in [0.1, 0.15) is 0 Å². The van der Waals surface area contributed by atoms with E-state index in [1.54, 1.807) is 0 Å². The summed E-state index contributed by atoms with van der Waals surface area (Å²) in [5.74, 6) is 0.507. The van der Waals surface area contributed by atoms with Crippen LogP contribution in [0.5, 0.6) is 0 Å². The molecular formula is C23H28N2O. The van der Waals surface area contributed by atoms with Crippen molar-refractivity contribution in [1.29, 1.82) is 0 Å². The molecule has 26 heavy (non-hydrogen) atoms. The molecule has 2 aliphatic heterocycles. The number of hydrogen-bond acceptors (Lipinski definition) is 2. The average molecular weight is 348 g/mol. The summed E-state index contributed by atoms with van der Waals surface area (Å²) in [6.07, 6.45) is 3.13. The fourth-order valence-corrected chi connectivity index (χ4v) is 4.29. The monoisotopic (exact) mass is 348 g/mol. The normalized spacial score (nSPS) is 20.7. The molecule has 0 saturated carbocycles. The highest BCUT2D eigenvalue weighted by molar-refractivity contribution is 5.79. The number of rotatable bonds is 3. The van der Waals surface area contributed by atoms with Gasteiger partial charge in [0.15, 0.2) is 0 Å². The second kappa shape index (κ2) is 7.63. The van der Waals surface area contributed by atoms with Crippen LogP contribution in [0.2, 0.25) is 0 Å². The molecule has 1 amide bonds. The first-order valence-electron chi connectivity index (χ1n) is 9.82. The molecule has 1 fully saturated rings. The van der Waals surface area contributed by atoms with E-state index in [2.05, 4.69) is 65.3 Å². The lowest BCUT2D eigenvalue weighted by atomic mass is 9.93. The zero-order chi connectivity index (χ0) is 17.9. The number of fused-ring (bicyclic) bond motifs is 1. The van der Waals surface area contributed by atoms with Crippen molar-refractivity contribution in [2.45, 2.75) is 39.3 Å². The fourth-order valence-electron chi connectivity index (χ4n) is 4.29. The van der Waals surface area contributed by atoms with E-state index in [0.717, 1.165) is 52.0 Å². The topological polar surface area (TPSA) is 23.6 Å². The minimum Gasteiger partial charge on any atom is -0.338 e. The van der Waals surface area contributed by atoms with Gasteiger partial charge in [0.25, 0.3) is 0 Å². The summed E-state index contributed by atoms with van der Waals surface area (Å²) >= 11 is 0. The van der Waals surface area contributed by atoms with Crippen molar-refractivity contribution in [2.75, 3.05) is 19.6 Å². The molecule has 2 heterocycles. The predicted molar refractivity (Wildman–Crippen MR) is 105 cm³/mol. The Hall–Kier alpha value is -2.13. The number of aryl methyl sites for hydroxylation is 1. The van der Waals surface area contributed by atoms with Gasteiger partial charge >= 0.3 is 0 Å². The molecule has 0 radical (unpaired) electrons. The molecule has 3 heteroatoms. The molecule has 1 unspecified atom stereocenters. The van der Waals surface area contributed by atoms with Gasteiger partial charge in [0.2, 0.25) is 5.91 Å². The maximum atomic E-state index is 13.1. The van der Waals surface area contributed by atoms with Crippen molar-refractivity contribution in [1.82, 2.24) is 9.80 Å². The Kier molecular flexibility index (Phi) is 5.07. The van der Waals surface area contributed by atoms with Crippen LogP contribution < -0.4 is 0 Å². The highest BCUT2D eigenvalue weighted by Crippen LogP contribution is 2.25. The first-order chi connectivity index (χ1) is 12.7. The van der Waals surface area contributed by atoms with E-state index in [4.69, 9.17) is 0 Å². The van der Waals surface area contributed by atoms with Crippen LogP contribution in [0.3, 0.4) is 0 Å². The van der Waals surface area contributed by atoms with Gasteiger partial charge in [-0.25, -0.2) is 0 Å². The Balaban J connectivity index is 1.38. The quantitative estimate of drug-likeness (QED) is 0.842. The molecule has 0 spiro atoms. The Morgan fingerprint density at radius 3 is 2.62 bits per heavy atom. The third-order valence-corrected chi connectivity index (χ3v) is 5.82. The average Bonchev–Trinajstić information content (AvgIpc) is 2.69.